The molecule has 0 saturated heterocycles. The maximum Gasteiger partial charge on any atom is 0.338 e. The van der Waals surface area contributed by atoms with Crippen molar-refractivity contribution < 1.29 is 26.9 Å². The van der Waals surface area contributed by atoms with E-state index in [-0.39, 0.29) is 17.3 Å². The summed E-state index contributed by atoms with van der Waals surface area (Å²) in [6, 6.07) is 3.47. The van der Waals surface area contributed by atoms with Crippen LogP contribution >= 0.6 is 0 Å². The molecule has 1 aromatic carbocycles. The predicted octanol–water partition coefficient (Wildman–Crippen LogP) is 0.817. The van der Waals surface area contributed by atoms with Crippen molar-refractivity contribution in [2.24, 2.45) is 0 Å². The Bertz CT molecular complexity index is 610. The number of sulfone groups is 1. The Balaban J connectivity index is 2.70. The van der Waals surface area contributed by atoms with Crippen LogP contribution in [0.15, 0.2) is 18.2 Å². The van der Waals surface area contributed by atoms with Gasteiger partial charge >= 0.3 is 5.97 Å². The lowest BCUT2D eigenvalue weighted by Crippen LogP contribution is -2.13. The van der Waals surface area contributed by atoms with Crippen LogP contribution in [0.25, 0.3) is 0 Å². The quantitative estimate of drug-likeness (QED) is 0.840. The van der Waals surface area contributed by atoms with E-state index >= 15 is 0 Å². The summed E-state index contributed by atoms with van der Waals surface area (Å²) < 4.78 is 46.8. The van der Waals surface area contributed by atoms with Gasteiger partial charge in [-0.1, -0.05) is 6.07 Å². The topological polar surface area (TPSA) is 88.5 Å². The fourth-order valence-corrected chi connectivity index (χ4v) is 3.97. The fraction of sp³-hybridized carbons (Fsp3) is 0.364. The van der Waals surface area contributed by atoms with E-state index in [0.29, 0.717) is 5.56 Å². The van der Waals surface area contributed by atoms with Crippen LogP contribution in [0.5, 0.6) is 0 Å². The first-order valence-electron chi connectivity index (χ1n) is 5.23. The zero-order valence-electron chi connectivity index (χ0n) is 10.1. The third kappa shape index (κ3) is 5.48. The van der Waals surface area contributed by atoms with Crippen LogP contribution in [0.3, 0.4) is 0 Å². The van der Waals surface area contributed by atoms with E-state index in [9.17, 15) is 21.8 Å². The first kappa shape index (κ1) is 15.8. The maximum absolute atomic E-state index is 13.4. The Morgan fingerprint density at radius 2 is 2.05 bits per heavy atom. The van der Waals surface area contributed by atoms with Gasteiger partial charge in [-0.15, -0.1) is 0 Å². The van der Waals surface area contributed by atoms with Gasteiger partial charge in [-0.2, -0.15) is 0 Å². The van der Waals surface area contributed by atoms with Gasteiger partial charge in [0.2, 0.25) is 0 Å². The summed E-state index contributed by atoms with van der Waals surface area (Å²) in [5.74, 6) is -2.50. The molecule has 0 aliphatic rings. The van der Waals surface area contributed by atoms with E-state index in [1.54, 1.807) is 0 Å². The molecule has 1 rings (SSSR count). The van der Waals surface area contributed by atoms with Crippen LogP contribution in [-0.4, -0.2) is 41.5 Å². The minimum absolute atomic E-state index is 0.00760. The van der Waals surface area contributed by atoms with E-state index in [2.05, 4.69) is 0 Å². The molecule has 0 aliphatic heterocycles. The Hall–Kier alpha value is -1.28. The molecule has 106 valence electrons. The van der Waals surface area contributed by atoms with Gasteiger partial charge in [0.1, 0.15) is 15.7 Å². The summed E-state index contributed by atoms with van der Waals surface area (Å²) in [7, 11) is -4.62. The largest absolute Gasteiger partial charge is 0.478 e. The summed E-state index contributed by atoms with van der Waals surface area (Å²) in [6.45, 7) is 0. The van der Waals surface area contributed by atoms with Crippen LogP contribution in [0.1, 0.15) is 15.9 Å². The number of benzene rings is 1. The van der Waals surface area contributed by atoms with Crippen molar-refractivity contribution in [1.29, 1.82) is 0 Å². The number of halogens is 1. The maximum atomic E-state index is 13.4. The average molecular weight is 308 g/mol. The molecular formula is C11H13FO5S2. The highest BCUT2D eigenvalue weighted by Crippen LogP contribution is 2.12. The number of carbonyl (C=O) groups is 1. The van der Waals surface area contributed by atoms with E-state index in [1.165, 1.54) is 6.07 Å². The van der Waals surface area contributed by atoms with Gasteiger partial charge in [0.15, 0.2) is 0 Å². The molecule has 1 N–H and O–H groups in total. The second kappa shape index (κ2) is 6.25. The third-order valence-corrected chi connectivity index (χ3v) is 4.79. The van der Waals surface area contributed by atoms with E-state index in [1.807, 2.05) is 0 Å². The van der Waals surface area contributed by atoms with Crippen LogP contribution < -0.4 is 0 Å². The average Bonchev–Trinajstić information content (AvgIpc) is 2.25. The van der Waals surface area contributed by atoms with Crippen molar-refractivity contribution >= 4 is 26.6 Å². The molecule has 0 amide bonds. The molecule has 5 nitrogen and oxygen atoms in total. The summed E-state index contributed by atoms with van der Waals surface area (Å²) in [4.78, 5) is 10.6. The SMILES string of the molecule is CS(=O)(=O)CCS(=O)Cc1ccc(C(=O)O)c(F)c1. The molecule has 1 atom stereocenters. The van der Waals surface area contributed by atoms with Crippen LogP contribution in [0, 0.1) is 5.82 Å². The molecule has 0 aromatic heterocycles. The second-order valence-corrected chi connectivity index (χ2v) is 7.87. The minimum Gasteiger partial charge on any atom is -0.478 e. The van der Waals surface area contributed by atoms with E-state index < -0.39 is 38.0 Å². The van der Waals surface area contributed by atoms with Gasteiger partial charge in [-0.25, -0.2) is 17.6 Å². The molecule has 0 bridgehead atoms. The summed E-state index contributed by atoms with van der Waals surface area (Å²) in [5.41, 5.74) is -0.0833. The van der Waals surface area contributed by atoms with Crippen molar-refractivity contribution in [1.82, 2.24) is 0 Å². The highest BCUT2D eigenvalue weighted by Gasteiger charge is 2.12. The third-order valence-electron chi connectivity index (χ3n) is 2.27. The molecule has 19 heavy (non-hydrogen) atoms. The lowest BCUT2D eigenvalue weighted by Gasteiger charge is -2.04. The smallest absolute Gasteiger partial charge is 0.338 e. The molecule has 1 aromatic rings. The summed E-state index contributed by atoms with van der Waals surface area (Å²) in [5, 5.41) is 8.65. The molecular weight excluding hydrogens is 295 g/mol. The second-order valence-electron chi connectivity index (χ2n) is 4.04. The fourth-order valence-electron chi connectivity index (χ4n) is 1.32. The molecule has 0 aliphatic carbocycles. The Morgan fingerprint density at radius 3 is 2.53 bits per heavy atom. The number of aromatic carboxylic acids is 1. The zero-order valence-corrected chi connectivity index (χ0v) is 11.8. The molecule has 8 heteroatoms. The Morgan fingerprint density at radius 1 is 1.42 bits per heavy atom. The van der Waals surface area contributed by atoms with Crippen LogP contribution in [0.2, 0.25) is 0 Å². The van der Waals surface area contributed by atoms with Gasteiger partial charge in [0.25, 0.3) is 0 Å². The van der Waals surface area contributed by atoms with Gasteiger partial charge in [-0.05, 0) is 17.7 Å². The molecule has 1 unspecified atom stereocenters. The van der Waals surface area contributed by atoms with Crippen molar-refractivity contribution in [2.45, 2.75) is 5.75 Å². The van der Waals surface area contributed by atoms with Crippen molar-refractivity contribution in [3.63, 3.8) is 0 Å². The minimum atomic E-state index is -3.18. The predicted molar refractivity (Wildman–Crippen MR) is 69.8 cm³/mol. The molecule has 0 saturated carbocycles. The van der Waals surface area contributed by atoms with Crippen LogP contribution in [0.4, 0.5) is 4.39 Å². The van der Waals surface area contributed by atoms with E-state index in [0.717, 1.165) is 18.4 Å². The molecule has 0 heterocycles. The monoisotopic (exact) mass is 308 g/mol. The highest BCUT2D eigenvalue weighted by atomic mass is 32.2. The van der Waals surface area contributed by atoms with E-state index in [4.69, 9.17) is 5.11 Å². The van der Waals surface area contributed by atoms with Crippen molar-refractivity contribution in [3.8, 4) is 0 Å². The van der Waals surface area contributed by atoms with Crippen molar-refractivity contribution in [3.05, 3.63) is 35.1 Å². The van der Waals surface area contributed by atoms with Gasteiger partial charge in [0, 0.05) is 28.6 Å². The van der Waals surface area contributed by atoms with Gasteiger partial charge in [-0.3, -0.25) is 4.21 Å². The van der Waals surface area contributed by atoms with Crippen molar-refractivity contribution in [2.75, 3.05) is 17.8 Å². The number of hydrogen-bond donors (Lipinski definition) is 1. The summed E-state index contributed by atoms with van der Waals surface area (Å²) in [6.07, 6.45) is 1.05. The van der Waals surface area contributed by atoms with Crippen LogP contribution in [-0.2, 0) is 26.4 Å². The standard InChI is InChI=1S/C11H13FO5S2/c1-19(16,17)5-4-18(15)7-8-2-3-9(11(13)14)10(12)6-8/h2-3,6H,4-5,7H2,1H3,(H,13,14). The lowest BCUT2D eigenvalue weighted by molar-refractivity contribution is 0.0692. The zero-order chi connectivity index (χ0) is 14.6. The number of hydrogen-bond acceptors (Lipinski definition) is 4. The Labute approximate surface area is 112 Å². The molecule has 0 fully saturated rings. The lowest BCUT2D eigenvalue weighted by atomic mass is 10.1. The molecule has 0 spiro atoms. The Kier molecular flexibility index (Phi) is 5.19. The van der Waals surface area contributed by atoms with Gasteiger partial charge in [0.05, 0.1) is 11.3 Å². The summed E-state index contributed by atoms with van der Waals surface area (Å²) >= 11 is 0. The number of carboxylic acids is 1. The van der Waals surface area contributed by atoms with Gasteiger partial charge < -0.3 is 5.11 Å². The normalized spacial score (nSPS) is 13.2. The molecule has 0 radical (unpaired) electrons. The first-order valence-corrected chi connectivity index (χ1v) is 8.78. The first-order chi connectivity index (χ1) is 8.69. The highest BCUT2D eigenvalue weighted by molar-refractivity contribution is 7.92. The number of rotatable bonds is 6. The number of carboxylic acid groups (broad SMARTS) is 1.